The Morgan fingerprint density at radius 2 is 1.73 bits per heavy atom. The Morgan fingerprint density at radius 3 is 2.27 bits per heavy atom. The molecule has 0 unspecified atom stereocenters. The molecule has 30 heavy (non-hydrogen) atoms. The minimum atomic E-state index is -3.36. The molecular formula is C21H35IN4O3S. The molecule has 2 aliphatic heterocycles. The van der Waals surface area contributed by atoms with Crippen molar-refractivity contribution in [2.24, 2.45) is 10.4 Å². The van der Waals surface area contributed by atoms with Gasteiger partial charge in [0, 0.05) is 44.2 Å². The molecule has 2 aliphatic rings. The van der Waals surface area contributed by atoms with Gasteiger partial charge in [0.2, 0.25) is 10.0 Å². The molecule has 1 aromatic carbocycles. The summed E-state index contributed by atoms with van der Waals surface area (Å²) in [4.78, 5) is 6.73. The highest BCUT2D eigenvalue weighted by Crippen LogP contribution is 2.46. The fourth-order valence-corrected chi connectivity index (χ4v) is 5.42. The minimum absolute atomic E-state index is 0. The molecule has 0 atom stereocenters. The predicted molar refractivity (Wildman–Crippen MR) is 132 cm³/mol. The van der Waals surface area contributed by atoms with Crippen LogP contribution in [-0.4, -0.2) is 69.0 Å². The zero-order valence-corrected chi connectivity index (χ0v) is 21.8. The van der Waals surface area contributed by atoms with Gasteiger partial charge in [-0.1, -0.05) is 38.1 Å². The van der Waals surface area contributed by atoms with Crippen LogP contribution >= 0.6 is 24.0 Å². The Bertz CT molecular complexity index is 865. The maximum absolute atomic E-state index is 12.8. The summed E-state index contributed by atoms with van der Waals surface area (Å²) in [6.45, 7) is 12.2. The molecule has 0 amide bonds. The van der Waals surface area contributed by atoms with Gasteiger partial charge in [-0.3, -0.25) is 4.99 Å². The van der Waals surface area contributed by atoms with Gasteiger partial charge >= 0.3 is 0 Å². The first-order valence-electron chi connectivity index (χ1n) is 10.2. The maximum Gasteiger partial charge on any atom is 0.218 e. The summed E-state index contributed by atoms with van der Waals surface area (Å²) >= 11 is 0. The molecule has 0 aromatic heterocycles. The zero-order valence-electron chi connectivity index (χ0n) is 18.6. The molecule has 0 saturated carbocycles. The minimum Gasteiger partial charge on any atom is -0.379 e. The van der Waals surface area contributed by atoms with Gasteiger partial charge in [0.05, 0.1) is 19.0 Å². The number of likely N-dealkylation sites (tertiary alicyclic amines) is 1. The van der Waals surface area contributed by atoms with E-state index in [-0.39, 0.29) is 40.7 Å². The van der Waals surface area contributed by atoms with E-state index in [1.165, 1.54) is 4.31 Å². The number of aliphatic imine (C=N–C) groups is 1. The van der Waals surface area contributed by atoms with Crippen molar-refractivity contribution in [3.8, 4) is 0 Å². The third-order valence-corrected chi connectivity index (χ3v) is 8.44. The Kier molecular flexibility index (Phi) is 8.20. The molecule has 2 fully saturated rings. The average Bonchev–Trinajstić information content (AvgIpc) is 2.69. The van der Waals surface area contributed by atoms with Gasteiger partial charge in [0.1, 0.15) is 0 Å². The molecular weight excluding hydrogens is 515 g/mol. The average molecular weight is 551 g/mol. The van der Waals surface area contributed by atoms with Crippen LogP contribution in [0.25, 0.3) is 0 Å². The highest BCUT2D eigenvalue weighted by atomic mass is 127. The number of nitrogens with one attached hydrogen (secondary N) is 1. The first-order valence-corrected chi connectivity index (χ1v) is 11.8. The van der Waals surface area contributed by atoms with Gasteiger partial charge in [0.15, 0.2) is 5.96 Å². The number of ether oxygens (including phenoxy) is 1. The van der Waals surface area contributed by atoms with E-state index >= 15 is 0 Å². The van der Waals surface area contributed by atoms with Crippen LogP contribution in [0.2, 0.25) is 0 Å². The summed E-state index contributed by atoms with van der Waals surface area (Å²) in [5.74, 6) is 0.853. The second-order valence-electron chi connectivity index (χ2n) is 8.97. The first kappa shape index (κ1) is 25.4. The second-order valence-corrected chi connectivity index (χ2v) is 10.9. The molecule has 1 N–H and O–H groups in total. The third kappa shape index (κ3) is 5.11. The van der Waals surface area contributed by atoms with Crippen molar-refractivity contribution < 1.29 is 13.2 Å². The monoisotopic (exact) mass is 550 g/mol. The van der Waals surface area contributed by atoms with Crippen LogP contribution < -0.4 is 5.32 Å². The topological polar surface area (TPSA) is 74.2 Å². The van der Waals surface area contributed by atoms with E-state index in [4.69, 9.17) is 4.74 Å². The molecule has 2 heterocycles. The Labute approximate surface area is 198 Å². The lowest BCUT2D eigenvalue weighted by Crippen LogP contribution is -2.72. The Hall–Kier alpha value is -0.910. The molecule has 0 spiro atoms. The standard InChI is InChI=1S/C21H34N4O3S.HI/c1-20(2)16-25(21(20,3)4)19(22-5)23-14-17-8-6-7-9-18(17)15-29(26,27)24-10-12-28-13-11-24;/h6-9H,10-16H2,1-5H3,(H,22,23);1H. The summed E-state index contributed by atoms with van der Waals surface area (Å²) < 4.78 is 32.5. The van der Waals surface area contributed by atoms with Crippen molar-refractivity contribution in [1.29, 1.82) is 0 Å². The van der Waals surface area contributed by atoms with Crippen LogP contribution in [0.15, 0.2) is 29.3 Å². The molecule has 3 rings (SSSR count). The zero-order chi connectivity index (χ0) is 21.3. The lowest BCUT2D eigenvalue weighted by Gasteiger charge is -2.62. The normalized spacial score (nSPS) is 21.5. The predicted octanol–water partition coefficient (Wildman–Crippen LogP) is 2.66. The maximum atomic E-state index is 12.8. The summed E-state index contributed by atoms with van der Waals surface area (Å²) in [7, 11) is -1.57. The lowest BCUT2D eigenvalue weighted by atomic mass is 9.65. The molecule has 0 bridgehead atoms. The molecule has 1 aromatic rings. The van der Waals surface area contributed by atoms with E-state index in [1.54, 1.807) is 7.05 Å². The van der Waals surface area contributed by atoms with Crippen LogP contribution in [-0.2, 0) is 27.1 Å². The van der Waals surface area contributed by atoms with Crippen molar-refractivity contribution in [3.05, 3.63) is 35.4 Å². The first-order chi connectivity index (χ1) is 13.6. The summed E-state index contributed by atoms with van der Waals surface area (Å²) in [5, 5.41) is 3.43. The van der Waals surface area contributed by atoms with E-state index in [2.05, 4.69) is 42.9 Å². The number of rotatable bonds is 5. The number of halogens is 1. The molecule has 9 heteroatoms. The van der Waals surface area contributed by atoms with Crippen LogP contribution in [0, 0.1) is 5.41 Å². The van der Waals surface area contributed by atoms with Gasteiger partial charge in [-0.15, -0.1) is 24.0 Å². The smallest absolute Gasteiger partial charge is 0.218 e. The van der Waals surface area contributed by atoms with E-state index in [0.717, 1.165) is 23.6 Å². The van der Waals surface area contributed by atoms with Crippen molar-refractivity contribution in [1.82, 2.24) is 14.5 Å². The number of hydrogen-bond acceptors (Lipinski definition) is 4. The highest BCUT2D eigenvalue weighted by molar-refractivity contribution is 14.0. The number of guanidine groups is 1. The van der Waals surface area contributed by atoms with Crippen molar-refractivity contribution in [3.63, 3.8) is 0 Å². The quantitative estimate of drug-likeness (QED) is 0.347. The van der Waals surface area contributed by atoms with E-state index in [0.29, 0.717) is 32.8 Å². The van der Waals surface area contributed by atoms with E-state index in [1.807, 2.05) is 24.3 Å². The summed E-state index contributed by atoms with van der Waals surface area (Å²) in [6.07, 6.45) is 0. The number of hydrogen-bond donors (Lipinski definition) is 1. The molecule has 7 nitrogen and oxygen atoms in total. The van der Waals surface area contributed by atoms with Gasteiger partial charge < -0.3 is 15.0 Å². The number of morpholine rings is 1. The molecule has 170 valence electrons. The number of nitrogens with zero attached hydrogens (tertiary/aromatic N) is 3. The van der Waals surface area contributed by atoms with Gasteiger partial charge in [-0.25, -0.2) is 8.42 Å². The molecule has 2 saturated heterocycles. The Balaban J connectivity index is 0.00000320. The lowest BCUT2D eigenvalue weighted by molar-refractivity contribution is -0.0667. The number of benzene rings is 1. The van der Waals surface area contributed by atoms with Gasteiger partial charge in [-0.2, -0.15) is 4.31 Å². The van der Waals surface area contributed by atoms with Crippen LogP contribution in [0.4, 0.5) is 0 Å². The SMILES string of the molecule is CN=C(NCc1ccccc1CS(=O)(=O)N1CCOCC1)N1CC(C)(C)C1(C)C.I. The second kappa shape index (κ2) is 9.70. The fraction of sp³-hybridized carbons (Fsp3) is 0.667. The highest BCUT2D eigenvalue weighted by Gasteiger charge is 2.53. The van der Waals surface area contributed by atoms with Crippen LogP contribution in [0.3, 0.4) is 0 Å². The summed E-state index contributed by atoms with van der Waals surface area (Å²) in [5.41, 5.74) is 2.02. The van der Waals surface area contributed by atoms with E-state index < -0.39 is 10.0 Å². The number of sulfonamides is 1. The fourth-order valence-electron chi connectivity index (χ4n) is 3.85. The van der Waals surface area contributed by atoms with Gasteiger partial charge in [0.25, 0.3) is 0 Å². The largest absolute Gasteiger partial charge is 0.379 e. The van der Waals surface area contributed by atoms with Crippen LogP contribution in [0.1, 0.15) is 38.8 Å². The van der Waals surface area contributed by atoms with Crippen molar-refractivity contribution in [2.75, 3.05) is 39.9 Å². The van der Waals surface area contributed by atoms with Gasteiger partial charge in [-0.05, 0) is 25.0 Å². The van der Waals surface area contributed by atoms with Crippen molar-refractivity contribution in [2.45, 2.75) is 45.5 Å². The molecule has 0 aliphatic carbocycles. The molecule has 0 radical (unpaired) electrons. The third-order valence-electron chi connectivity index (χ3n) is 6.61. The van der Waals surface area contributed by atoms with Crippen LogP contribution in [0.5, 0.6) is 0 Å². The summed E-state index contributed by atoms with van der Waals surface area (Å²) in [6, 6.07) is 7.72. The van der Waals surface area contributed by atoms with Crippen molar-refractivity contribution >= 4 is 40.0 Å². The Morgan fingerprint density at radius 1 is 1.13 bits per heavy atom. The van der Waals surface area contributed by atoms with E-state index in [9.17, 15) is 8.42 Å².